The second-order valence-corrected chi connectivity index (χ2v) is 15.1. The molecule has 0 saturated heterocycles. The molecule has 0 rings (SSSR count). The molecule has 8 nitrogen and oxygen atoms in total. The Morgan fingerprint density at radius 2 is 0.612 bits per heavy atom. The van der Waals surface area contributed by atoms with Gasteiger partial charge in [0, 0.05) is 52.9 Å². The molecule has 0 amide bonds. The van der Waals surface area contributed by atoms with Crippen LogP contribution in [0.2, 0.25) is 0 Å². The van der Waals surface area contributed by atoms with Crippen molar-refractivity contribution in [1.82, 2.24) is 0 Å². The van der Waals surface area contributed by atoms with Crippen LogP contribution in [0.15, 0.2) is 0 Å². The van der Waals surface area contributed by atoms with Crippen molar-refractivity contribution in [3.63, 3.8) is 0 Å². The van der Waals surface area contributed by atoms with Crippen LogP contribution in [0.25, 0.3) is 0 Å². The van der Waals surface area contributed by atoms with Crippen molar-refractivity contribution >= 4 is 8.25 Å². The smallest absolute Gasteiger partial charge is 0.119 e. The Labute approximate surface area is 306 Å². The molecule has 0 bridgehead atoms. The molecule has 0 fully saturated rings. The third-order valence-electron chi connectivity index (χ3n) is 9.04. The minimum atomic E-state index is -3.38. The number of rotatable bonds is 40. The third-order valence-corrected chi connectivity index (χ3v) is 9.04. The average molecular weight is 724 g/mol. The molecule has 0 spiro atoms. The fraction of sp³-hybridized carbons (Fsp3) is 1.00. The van der Waals surface area contributed by atoms with Gasteiger partial charge in [-0.05, 0) is 70.6 Å². The molecule has 0 aliphatic carbocycles. The summed E-state index contributed by atoms with van der Waals surface area (Å²) < 4.78 is 32.7. The Morgan fingerprint density at radius 1 is 0.408 bits per heavy atom. The zero-order chi connectivity index (χ0) is 36.4. The number of ether oxygens (including phenoxy) is 4. The van der Waals surface area contributed by atoms with Crippen molar-refractivity contribution < 1.29 is 37.8 Å². The quantitative estimate of drug-likeness (QED) is 0.0382. The molecule has 0 radical (unpaired) electrons. The molecular formula is C40H86NO7P. The van der Waals surface area contributed by atoms with Crippen LogP contribution >= 0.6 is 8.25 Å². The van der Waals surface area contributed by atoms with E-state index in [0.717, 1.165) is 95.9 Å². The fourth-order valence-corrected chi connectivity index (χ4v) is 5.82. The molecule has 0 aromatic rings. The summed E-state index contributed by atoms with van der Waals surface area (Å²) in [7, 11) is 1.44. The molecule has 49 heavy (non-hydrogen) atoms. The largest absolute Gasteiger partial charge is 0.781 e. The van der Waals surface area contributed by atoms with E-state index in [9.17, 15) is 0 Å². The van der Waals surface area contributed by atoms with Crippen molar-refractivity contribution in [2.24, 2.45) is 0 Å². The second kappa shape index (κ2) is 44.1. The summed E-state index contributed by atoms with van der Waals surface area (Å²) >= 11 is 0. The molecule has 9 heteroatoms. The molecule has 0 heterocycles. The van der Waals surface area contributed by atoms with Gasteiger partial charge in [0.2, 0.25) is 0 Å². The second-order valence-electron chi connectivity index (χ2n) is 14.6. The zero-order valence-electron chi connectivity index (χ0n) is 33.3. The van der Waals surface area contributed by atoms with E-state index in [1.54, 1.807) is 0 Å². The highest BCUT2D eigenvalue weighted by Gasteiger charge is 2.13. The predicted molar refractivity (Wildman–Crippen MR) is 208 cm³/mol. The van der Waals surface area contributed by atoms with Crippen molar-refractivity contribution in [2.75, 3.05) is 80.0 Å². The molecule has 0 aliphatic rings. The predicted octanol–water partition coefficient (Wildman–Crippen LogP) is 10.0. The van der Waals surface area contributed by atoms with Crippen LogP contribution < -0.4 is 4.89 Å². The van der Waals surface area contributed by atoms with Gasteiger partial charge in [0.15, 0.2) is 0 Å². The summed E-state index contributed by atoms with van der Waals surface area (Å²) in [5, 5.41) is 0. The Morgan fingerprint density at radius 3 is 0.898 bits per heavy atom. The number of quaternary nitrogens is 1. The third kappa shape index (κ3) is 52.4. The summed E-state index contributed by atoms with van der Waals surface area (Å²) in [5.41, 5.74) is 0. The van der Waals surface area contributed by atoms with Gasteiger partial charge in [0.05, 0.1) is 27.2 Å². The lowest BCUT2D eigenvalue weighted by atomic mass is 10.0. The number of hydrogen-bond donors (Lipinski definition) is 1. The van der Waals surface area contributed by atoms with E-state index in [1.165, 1.54) is 142 Å². The summed E-state index contributed by atoms with van der Waals surface area (Å²) in [4.78, 5) is 15.7. The van der Waals surface area contributed by atoms with Gasteiger partial charge in [0.25, 0.3) is 0 Å². The first-order chi connectivity index (χ1) is 23.9. The van der Waals surface area contributed by atoms with E-state index in [4.69, 9.17) is 33.3 Å². The molecule has 0 aliphatic heterocycles. The minimum absolute atomic E-state index is 0.850. The Balaban J connectivity index is 0. The Kier molecular flexibility index (Phi) is 46.0. The molecule has 0 aromatic carbocycles. The Hall–Kier alpha value is -0.0500. The molecule has 1 N–H and O–H groups in total. The molecule has 298 valence electrons. The van der Waals surface area contributed by atoms with E-state index >= 15 is 0 Å². The van der Waals surface area contributed by atoms with Crippen molar-refractivity contribution in [3.05, 3.63) is 0 Å². The number of hydrogen-bond acceptors (Lipinski definition) is 6. The van der Waals surface area contributed by atoms with Gasteiger partial charge in [-0.1, -0.05) is 110 Å². The zero-order valence-corrected chi connectivity index (χ0v) is 34.3. The van der Waals surface area contributed by atoms with Gasteiger partial charge < -0.3 is 37.8 Å². The van der Waals surface area contributed by atoms with Crippen LogP contribution in [0.3, 0.4) is 0 Å². The lowest BCUT2D eigenvalue weighted by molar-refractivity contribution is -0.890. The highest BCUT2D eigenvalue weighted by Crippen LogP contribution is 2.14. The van der Waals surface area contributed by atoms with E-state index in [1.807, 2.05) is 0 Å². The van der Waals surface area contributed by atoms with Gasteiger partial charge in [-0.3, -0.25) is 0 Å². The molecule has 0 saturated carbocycles. The van der Waals surface area contributed by atoms with Crippen LogP contribution in [0, 0.1) is 0 Å². The van der Waals surface area contributed by atoms with Gasteiger partial charge in [-0.15, -0.1) is 0 Å². The maximum absolute atomic E-state index is 8.63. The van der Waals surface area contributed by atoms with Gasteiger partial charge >= 0.3 is 0 Å². The first-order valence-electron chi connectivity index (χ1n) is 20.9. The Bertz CT molecular complexity index is 623. The number of unbranched alkanes of at least 4 members (excludes halogenated alkanes) is 20. The van der Waals surface area contributed by atoms with Crippen LogP contribution in [0.1, 0.15) is 181 Å². The van der Waals surface area contributed by atoms with Crippen LogP contribution in [-0.4, -0.2) is 89.4 Å². The average Bonchev–Trinajstić information content (AvgIpc) is 3.06. The first kappa shape index (κ1) is 51.1. The van der Waals surface area contributed by atoms with E-state index in [2.05, 4.69) is 27.9 Å². The SMILES string of the molecule is CCCCCCCCCCCCCCCCCC[N+](C)(C)CCCCOCCCCOCCCCOCCCCOCCCC.O=[PH]([O-])O. The van der Waals surface area contributed by atoms with Crippen molar-refractivity contribution in [3.8, 4) is 0 Å². The van der Waals surface area contributed by atoms with Gasteiger partial charge in [0.1, 0.15) is 8.25 Å². The van der Waals surface area contributed by atoms with Crippen LogP contribution in [0.4, 0.5) is 0 Å². The van der Waals surface area contributed by atoms with Crippen molar-refractivity contribution in [1.29, 1.82) is 0 Å². The molecular weight excluding hydrogens is 637 g/mol. The normalized spacial score (nSPS) is 12.3. The van der Waals surface area contributed by atoms with Gasteiger partial charge in [-0.25, -0.2) is 0 Å². The lowest BCUT2D eigenvalue weighted by Gasteiger charge is -2.30. The fourth-order valence-electron chi connectivity index (χ4n) is 5.82. The maximum atomic E-state index is 8.63. The van der Waals surface area contributed by atoms with E-state index < -0.39 is 8.25 Å². The summed E-state index contributed by atoms with van der Waals surface area (Å²) in [5.74, 6) is 0. The summed E-state index contributed by atoms with van der Waals surface area (Å²) in [6.45, 7) is 14.1. The van der Waals surface area contributed by atoms with Crippen LogP contribution in [-0.2, 0) is 23.5 Å². The first-order valence-corrected chi connectivity index (χ1v) is 22.1. The van der Waals surface area contributed by atoms with E-state index in [0.29, 0.717) is 0 Å². The summed E-state index contributed by atoms with van der Waals surface area (Å²) in [6, 6.07) is 0. The maximum Gasteiger partial charge on any atom is 0.119 e. The highest BCUT2D eigenvalue weighted by atomic mass is 31.1. The van der Waals surface area contributed by atoms with Gasteiger partial charge in [-0.2, -0.15) is 0 Å². The lowest BCUT2D eigenvalue weighted by Crippen LogP contribution is -2.41. The molecule has 1 unspecified atom stereocenters. The highest BCUT2D eigenvalue weighted by molar-refractivity contribution is 7.29. The monoisotopic (exact) mass is 724 g/mol. The molecule has 0 aromatic heterocycles. The topological polar surface area (TPSA) is 97.3 Å². The van der Waals surface area contributed by atoms with Crippen molar-refractivity contribution in [2.45, 2.75) is 181 Å². The number of nitrogens with zero attached hydrogens (tertiary/aromatic N) is 1. The summed E-state index contributed by atoms with van der Waals surface area (Å²) in [6.07, 6.45) is 34.5. The minimum Gasteiger partial charge on any atom is -0.781 e. The van der Waals surface area contributed by atoms with Crippen LogP contribution in [0.5, 0.6) is 0 Å². The standard InChI is InChI=1S/C40H84NO4.H3O3P/c1-5-7-9-10-11-12-13-14-15-16-17-18-19-20-21-22-31-41(3,4)32-23-24-34-43-36-27-28-38-45-40-30-29-39-44-37-26-25-35-42-33-8-6-2;1-4(2)3/h5-40H2,1-4H3;4H,(H2,1,2,3)/q+1;/p-1. The molecule has 1 atom stereocenters. The van der Waals surface area contributed by atoms with E-state index in [-0.39, 0.29) is 0 Å².